The molecule has 0 saturated carbocycles. The van der Waals surface area contributed by atoms with Crippen molar-refractivity contribution in [3.63, 3.8) is 0 Å². The summed E-state index contributed by atoms with van der Waals surface area (Å²) in [5.41, 5.74) is 3.75. The quantitative estimate of drug-likeness (QED) is 0.589. The van der Waals surface area contributed by atoms with Crippen LogP contribution in [0.2, 0.25) is 0 Å². The first-order valence-electron chi connectivity index (χ1n) is 12.3. The zero-order valence-electron chi connectivity index (χ0n) is 21.1. The third-order valence-corrected chi connectivity index (χ3v) is 6.60. The van der Waals surface area contributed by atoms with Crippen LogP contribution in [-0.4, -0.2) is 58.8 Å². The molecule has 0 bridgehead atoms. The highest BCUT2D eigenvalue weighted by molar-refractivity contribution is 5.76. The lowest BCUT2D eigenvalue weighted by atomic mass is 10.0. The van der Waals surface area contributed by atoms with Crippen molar-refractivity contribution in [1.82, 2.24) is 19.6 Å². The minimum Gasteiger partial charge on any atom is -0.497 e. The molecule has 0 spiro atoms. The number of amides is 1. The molecule has 2 aromatic rings. The number of halogens is 1. The molecule has 4 rings (SSSR count). The van der Waals surface area contributed by atoms with Gasteiger partial charge in [-0.25, -0.2) is 4.39 Å². The lowest BCUT2D eigenvalue weighted by Gasteiger charge is -2.37. The molecule has 1 aromatic heterocycles. The second-order valence-corrected chi connectivity index (χ2v) is 9.60. The molecule has 1 aromatic carbocycles. The molecule has 7 heteroatoms. The molecule has 186 valence electrons. The molecule has 35 heavy (non-hydrogen) atoms. The Hall–Kier alpha value is -3.35. The Labute approximate surface area is 207 Å². The first kappa shape index (κ1) is 24.8. The number of carbonyl (C=O) groups is 1. The predicted octanol–water partition coefficient (Wildman–Crippen LogP) is 4.97. The van der Waals surface area contributed by atoms with E-state index >= 15 is 0 Å². The average molecular weight is 479 g/mol. The van der Waals surface area contributed by atoms with E-state index in [4.69, 9.17) is 9.84 Å². The summed E-state index contributed by atoms with van der Waals surface area (Å²) in [6.45, 7) is 9.48. The van der Waals surface area contributed by atoms with Gasteiger partial charge in [-0.15, -0.1) is 0 Å². The highest BCUT2D eigenvalue weighted by Gasteiger charge is 2.24. The van der Waals surface area contributed by atoms with Crippen molar-refractivity contribution in [2.75, 3.05) is 33.3 Å². The Bertz CT molecular complexity index is 1120. The third kappa shape index (κ3) is 6.02. The zero-order valence-corrected chi connectivity index (χ0v) is 21.1. The number of allylic oxidation sites excluding steroid dienone is 4. The molecule has 1 aliphatic carbocycles. The van der Waals surface area contributed by atoms with Crippen LogP contribution < -0.4 is 0 Å². The van der Waals surface area contributed by atoms with Crippen molar-refractivity contribution in [2.24, 2.45) is 5.92 Å². The Morgan fingerprint density at radius 3 is 2.54 bits per heavy atom. The van der Waals surface area contributed by atoms with Gasteiger partial charge in [0.1, 0.15) is 18.1 Å². The van der Waals surface area contributed by atoms with E-state index in [2.05, 4.69) is 43.9 Å². The number of carbonyl (C=O) groups excluding carboxylic acids is 1. The van der Waals surface area contributed by atoms with Crippen molar-refractivity contribution in [3.8, 4) is 11.3 Å². The maximum absolute atomic E-state index is 13.3. The summed E-state index contributed by atoms with van der Waals surface area (Å²) in [4.78, 5) is 17.5. The van der Waals surface area contributed by atoms with Gasteiger partial charge in [0.2, 0.25) is 5.91 Å². The van der Waals surface area contributed by atoms with Crippen LogP contribution >= 0.6 is 0 Å². The van der Waals surface area contributed by atoms with Crippen molar-refractivity contribution in [2.45, 2.75) is 39.7 Å². The van der Waals surface area contributed by atoms with Gasteiger partial charge in [0.05, 0.1) is 12.8 Å². The average Bonchev–Trinajstić information content (AvgIpc) is 3.26. The van der Waals surface area contributed by atoms with Gasteiger partial charge in [0.25, 0.3) is 0 Å². The van der Waals surface area contributed by atoms with Crippen LogP contribution in [0, 0.1) is 11.7 Å². The van der Waals surface area contributed by atoms with Crippen LogP contribution in [0.4, 0.5) is 4.39 Å². The van der Waals surface area contributed by atoms with Crippen LogP contribution in [0.15, 0.2) is 66.1 Å². The van der Waals surface area contributed by atoms with E-state index in [9.17, 15) is 9.18 Å². The predicted molar refractivity (Wildman–Crippen MR) is 136 cm³/mol. The first-order valence-corrected chi connectivity index (χ1v) is 12.3. The maximum Gasteiger partial charge on any atom is 0.244 e. The topological polar surface area (TPSA) is 50.6 Å². The lowest BCUT2D eigenvalue weighted by Crippen LogP contribution is -2.49. The monoisotopic (exact) mass is 478 g/mol. The summed E-state index contributed by atoms with van der Waals surface area (Å²) < 4.78 is 20.6. The smallest absolute Gasteiger partial charge is 0.244 e. The Morgan fingerprint density at radius 1 is 1.17 bits per heavy atom. The normalized spacial score (nSPS) is 18.7. The van der Waals surface area contributed by atoms with Crippen LogP contribution in [0.3, 0.4) is 0 Å². The van der Waals surface area contributed by atoms with E-state index in [1.54, 1.807) is 23.9 Å². The molecule has 1 fully saturated rings. The number of rotatable bonds is 6. The molecule has 1 atom stereocenters. The standard InChI is InChI=1S/C28H35FN4O2/c1-20(2)27-18-26(22-8-10-23(29)11-9-22)30-33(27)19-28(34)32-14-12-31(13-15-32)24-16-21(3)6-5-7-25(17-24)35-4/h5,7-11,16-18,20-21H,6,12-15,19H2,1-4H3. The molecule has 2 heterocycles. The summed E-state index contributed by atoms with van der Waals surface area (Å²) in [6, 6.07) is 8.30. The number of ether oxygens (including phenoxy) is 1. The van der Waals surface area contributed by atoms with Gasteiger partial charge in [0, 0.05) is 49.2 Å². The van der Waals surface area contributed by atoms with Crippen molar-refractivity contribution in [1.29, 1.82) is 0 Å². The number of aromatic nitrogens is 2. The third-order valence-electron chi connectivity index (χ3n) is 6.60. The molecule has 0 N–H and O–H groups in total. The van der Waals surface area contributed by atoms with Crippen molar-refractivity contribution in [3.05, 3.63) is 77.6 Å². The molecule has 1 saturated heterocycles. The number of hydrogen-bond donors (Lipinski definition) is 0. The summed E-state index contributed by atoms with van der Waals surface area (Å²) in [5.74, 6) is 1.29. The maximum atomic E-state index is 13.3. The fourth-order valence-electron chi connectivity index (χ4n) is 4.55. The summed E-state index contributed by atoms with van der Waals surface area (Å²) in [6.07, 6.45) is 9.52. The van der Waals surface area contributed by atoms with E-state index in [0.29, 0.717) is 19.0 Å². The molecule has 0 radical (unpaired) electrons. The first-order chi connectivity index (χ1) is 16.8. The van der Waals surface area contributed by atoms with E-state index < -0.39 is 0 Å². The fraction of sp³-hybridized carbons (Fsp3) is 0.429. The van der Waals surface area contributed by atoms with Gasteiger partial charge >= 0.3 is 0 Å². The van der Waals surface area contributed by atoms with E-state index in [0.717, 1.165) is 47.9 Å². The Morgan fingerprint density at radius 2 is 1.89 bits per heavy atom. The number of methoxy groups -OCH3 is 1. The van der Waals surface area contributed by atoms with Crippen molar-refractivity contribution >= 4 is 5.91 Å². The number of piperazine rings is 1. The Kier molecular flexibility index (Phi) is 7.73. The number of hydrogen-bond acceptors (Lipinski definition) is 4. The second-order valence-electron chi connectivity index (χ2n) is 9.60. The second kappa shape index (κ2) is 10.9. The minimum atomic E-state index is -0.276. The van der Waals surface area contributed by atoms with Crippen LogP contribution in [0.5, 0.6) is 0 Å². The molecule has 6 nitrogen and oxygen atoms in total. The molecule has 1 aliphatic heterocycles. The summed E-state index contributed by atoms with van der Waals surface area (Å²) >= 11 is 0. The Balaban J connectivity index is 1.43. The van der Waals surface area contributed by atoms with Gasteiger partial charge in [-0.2, -0.15) is 5.10 Å². The van der Waals surface area contributed by atoms with Crippen molar-refractivity contribution < 1.29 is 13.9 Å². The van der Waals surface area contributed by atoms with Gasteiger partial charge in [-0.1, -0.05) is 32.9 Å². The van der Waals surface area contributed by atoms with Crippen LogP contribution in [0.25, 0.3) is 11.3 Å². The minimum absolute atomic E-state index is 0.0661. The van der Waals surface area contributed by atoms with Crippen LogP contribution in [-0.2, 0) is 16.1 Å². The van der Waals surface area contributed by atoms with Gasteiger partial charge in [-0.05, 0) is 54.7 Å². The molecular weight excluding hydrogens is 443 g/mol. The summed E-state index contributed by atoms with van der Waals surface area (Å²) in [5, 5.41) is 4.70. The number of nitrogens with zero attached hydrogens (tertiary/aromatic N) is 4. The van der Waals surface area contributed by atoms with Gasteiger partial charge in [0.15, 0.2) is 0 Å². The molecule has 1 amide bonds. The highest BCUT2D eigenvalue weighted by atomic mass is 19.1. The van der Waals surface area contributed by atoms with Gasteiger partial charge in [-0.3, -0.25) is 9.48 Å². The lowest BCUT2D eigenvalue weighted by molar-refractivity contribution is -0.133. The molecule has 1 unspecified atom stereocenters. The zero-order chi connectivity index (χ0) is 24.9. The van der Waals surface area contributed by atoms with E-state index in [1.165, 1.54) is 12.1 Å². The molecule has 2 aliphatic rings. The SMILES string of the molecule is COC1=CC(N2CCN(C(=O)Cn3nc(-c4ccc(F)cc4)cc3C(C)C)CC2)=CC(C)CC=C1. The largest absolute Gasteiger partial charge is 0.497 e. The van der Waals surface area contributed by atoms with Gasteiger partial charge < -0.3 is 14.5 Å². The molecular formula is C28H35FN4O2. The fourth-order valence-corrected chi connectivity index (χ4v) is 4.55. The number of benzene rings is 1. The summed E-state index contributed by atoms with van der Waals surface area (Å²) in [7, 11) is 1.69. The van der Waals surface area contributed by atoms with E-state index in [-0.39, 0.29) is 24.2 Å². The van der Waals surface area contributed by atoms with E-state index in [1.807, 2.05) is 17.0 Å². The van der Waals surface area contributed by atoms with Crippen LogP contribution in [0.1, 0.15) is 38.8 Å². The highest BCUT2D eigenvalue weighted by Crippen LogP contribution is 2.25.